The van der Waals surface area contributed by atoms with E-state index in [1.165, 1.54) is 31.1 Å². The lowest BCUT2D eigenvalue weighted by molar-refractivity contribution is -0.138. The van der Waals surface area contributed by atoms with Crippen molar-refractivity contribution in [2.24, 2.45) is 5.92 Å². The van der Waals surface area contributed by atoms with Crippen molar-refractivity contribution in [3.63, 3.8) is 0 Å². The van der Waals surface area contributed by atoms with E-state index in [4.69, 9.17) is 11.6 Å². The Morgan fingerprint density at radius 1 is 1.00 bits per heavy atom. The van der Waals surface area contributed by atoms with Crippen LogP contribution in [0.5, 0.6) is 0 Å². The summed E-state index contributed by atoms with van der Waals surface area (Å²) in [5.41, 5.74) is 3.26. The summed E-state index contributed by atoms with van der Waals surface area (Å²) in [5, 5.41) is 7.10. The molecule has 2 aromatic rings. The summed E-state index contributed by atoms with van der Waals surface area (Å²) in [7, 11) is -3.30. The van der Waals surface area contributed by atoms with Gasteiger partial charge in [-0.25, -0.2) is 13.1 Å². The molecule has 1 saturated heterocycles. The van der Waals surface area contributed by atoms with Crippen LogP contribution >= 0.6 is 11.6 Å². The Kier molecular flexibility index (Phi) is 10.8. The van der Waals surface area contributed by atoms with E-state index < -0.39 is 16.1 Å². The van der Waals surface area contributed by atoms with Crippen molar-refractivity contribution >= 4 is 33.4 Å². The summed E-state index contributed by atoms with van der Waals surface area (Å²) in [6, 6.07) is 14.8. The third kappa shape index (κ3) is 8.79. The molecule has 0 spiro atoms. The lowest BCUT2D eigenvalue weighted by Gasteiger charge is -2.44. The predicted molar refractivity (Wildman–Crippen MR) is 169 cm³/mol. The molecule has 1 saturated carbocycles. The number of piperazine rings is 1. The number of hydrogen-bond acceptors (Lipinski definition) is 6. The predicted octanol–water partition coefficient (Wildman–Crippen LogP) is 3.24. The summed E-state index contributed by atoms with van der Waals surface area (Å²) in [5.74, 6) is 0.187. The van der Waals surface area contributed by atoms with Crippen LogP contribution in [0.25, 0.3) is 0 Å². The van der Waals surface area contributed by atoms with E-state index in [9.17, 15) is 18.0 Å². The Morgan fingerprint density at radius 2 is 1.70 bits per heavy atom. The molecular formula is C32H44ClN5O4S. The number of nitrogens with zero attached hydrogens (tertiary/aromatic N) is 2. The molecule has 3 aliphatic rings. The van der Waals surface area contributed by atoms with Crippen molar-refractivity contribution < 1.29 is 18.0 Å². The molecule has 3 atom stereocenters. The van der Waals surface area contributed by atoms with Crippen LogP contribution in [0.15, 0.2) is 48.5 Å². The highest BCUT2D eigenvalue weighted by atomic mass is 35.5. The van der Waals surface area contributed by atoms with Crippen LogP contribution in [0.1, 0.15) is 61.3 Å². The van der Waals surface area contributed by atoms with E-state index >= 15 is 0 Å². The molecule has 43 heavy (non-hydrogen) atoms. The van der Waals surface area contributed by atoms with Gasteiger partial charge < -0.3 is 15.5 Å². The van der Waals surface area contributed by atoms with E-state index in [1.54, 1.807) is 12.1 Å². The van der Waals surface area contributed by atoms with E-state index in [-0.39, 0.29) is 30.3 Å². The molecule has 0 aromatic heterocycles. The summed E-state index contributed by atoms with van der Waals surface area (Å²) in [6.07, 6.45) is 7.62. The lowest BCUT2D eigenvalue weighted by atomic mass is 9.83. The van der Waals surface area contributed by atoms with Gasteiger partial charge in [-0.15, -0.1) is 0 Å². The second kappa shape index (κ2) is 14.5. The largest absolute Gasteiger partial charge is 0.344 e. The molecule has 11 heteroatoms. The number of halogens is 1. The van der Waals surface area contributed by atoms with Gasteiger partial charge in [0.2, 0.25) is 21.8 Å². The van der Waals surface area contributed by atoms with E-state index in [1.807, 2.05) is 29.2 Å². The molecule has 2 fully saturated rings. The maximum Gasteiger partial charge on any atom is 0.245 e. The third-order valence-electron chi connectivity index (χ3n) is 9.19. The Labute approximate surface area is 260 Å². The van der Waals surface area contributed by atoms with Gasteiger partial charge in [-0.3, -0.25) is 14.5 Å². The molecule has 2 heterocycles. The van der Waals surface area contributed by atoms with Gasteiger partial charge in [0.05, 0.1) is 6.26 Å². The number of carbonyl (C=O) groups excluding carboxylic acids is 2. The SMILES string of the molecule is CS(=O)(=O)NCC(C1CCCCC1)N1CCN(C(=O)[C@@H](Cc2ccc(Cl)cc2)NC(=O)CC2NCc3ccccc32)CC1. The zero-order chi connectivity index (χ0) is 30.4. The number of sulfonamides is 1. The van der Waals surface area contributed by atoms with E-state index in [0.29, 0.717) is 50.1 Å². The average molecular weight is 630 g/mol. The first-order chi connectivity index (χ1) is 20.7. The Balaban J connectivity index is 1.24. The fourth-order valence-corrected chi connectivity index (χ4v) is 7.50. The monoisotopic (exact) mass is 629 g/mol. The molecule has 2 unspecified atom stereocenters. The van der Waals surface area contributed by atoms with Crippen molar-refractivity contribution in [2.75, 3.05) is 39.0 Å². The normalized spacial score (nSPS) is 21.3. The molecule has 0 bridgehead atoms. The fourth-order valence-electron chi connectivity index (χ4n) is 6.90. The molecule has 9 nitrogen and oxygen atoms in total. The molecule has 234 valence electrons. The zero-order valence-corrected chi connectivity index (χ0v) is 26.5. The topological polar surface area (TPSA) is 111 Å². The smallest absolute Gasteiger partial charge is 0.245 e. The van der Waals surface area contributed by atoms with Crippen molar-refractivity contribution in [3.05, 3.63) is 70.2 Å². The zero-order valence-electron chi connectivity index (χ0n) is 24.9. The number of carbonyl (C=O) groups is 2. The number of amides is 2. The lowest BCUT2D eigenvalue weighted by Crippen LogP contribution is -2.59. The third-order valence-corrected chi connectivity index (χ3v) is 10.1. The molecule has 2 amide bonds. The highest BCUT2D eigenvalue weighted by molar-refractivity contribution is 7.88. The van der Waals surface area contributed by atoms with Crippen molar-refractivity contribution in [1.29, 1.82) is 0 Å². The van der Waals surface area contributed by atoms with Gasteiger partial charge in [-0.2, -0.15) is 0 Å². The van der Waals surface area contributed by atoms with Gasteiger partial charge in [-0.1, -0.05) is 67.3 Å². The number of hydrogen-bond donors (Lipinski definition) is 3. The minimum Gasteiger partial charge on any atom is -0.344 e. The second-order valence-corrected chi connectivity index (χ2v) is 14.5. The van der Waals surface area contributed by atoms with Crippen LogP contribution in [-0.4, -0.2) is 81.1 Å². The fraction of sp³-hybridized carbons (Fsp3) is 0.562. The summed E-state index contributed by atoms with van der Waals surface area (Å²) < 4.78 is 26.6. The molecule has 1 aliphatic carbocycles. The first-order valence-electron chi connectivity index (χ1n) is 15.5. The van der Waals surface area contributed by atoms with E-state index in [2.05, 4.69) is 32.4 Å². The Morgan fingerprint density at radius 3 is 2.40 bits per heavy atom. The quantitative estimate of drug-likeness (QED) is 0.352. The summed E-state index contributed by atoms with van der Waals surface area (Å²) in [6.45, 7) is 3.53. The molecule has 2 aliphatic heterocycles. The average Bonchev–Trinajstić information content (AvgIpc) is 3.40. The van der Waals surface area contributed by atoms with Gasteiger partial charge in [0, 0.05) is 69.2 Å². The van der Waals surface area contributed by atoms with Crippen LogP contribution in [0.3, 0.4) is 0 Å². The van der Waals surface area contributed by atoms with Crippen LogP contribution in [-0.2, 0) is 32.6 Å². The van der Waals surface area contributed by atoms with Gasteiger partial charge >= 0.3 is 0 Å². The number of rotatable bonds is 11. The number of nitrogens with one attached hydrogen (secondary N) is 3. The Bertz CT molecular complexity index is 1360. The van der Waals surface area contributed by atoms with Crippen LogP contribution in [0, 0.1) is 5.92 Å². The van der Waals surface area contributed by atoms with Gasteiger partial charge in [0.25, 0.3) is 0 Å². The number of benzene rings is 2. The Hall–Kier alpha value is -2.50. The second-order valence-electron chi connectivity index (χ2n) is 12.2. The summed E-state index contributed by atoms with van der Waals surface area (Å²) >= 11 is 6.10. The van der Waals surface area contributed by atoms with Gasteiger partial charge in [0.15, 0.2) is 0 Å². The van der Waals surface area contributed by atoms with Gasteiger partial charge in [-0.05, 0) is 47.6 Å². The maximum absolute atomic E-state index is 13.9. The molecule has 2 aromatic carbocycles. The van der Waals surface area contributed by atoms with Gasteiger partial charge in [0.1, 0.15) is 6.04 Å². The minimum atomic E-state index is -3.30. The van der Waals surface area contributed by atoms with Crippen molar-refractivity contribution in [3.8, 4) is 0 Å². The molecule has 3 N–H and O–H groups in total. The minimum absolute atomic E-state index is 0.0803. The number of fused-ring (bicyclic) bond motifs is 1. The van der Waals surface area contributed by atoms with Crippen LogP contribution in [0.4, 0.5) is 0 Å². The highest BCUT2D eigenvalue weighted by Crippen LogP contribution is 2.30. The molecular weight excluding hydrogens is 586 g/mol. The first kappa shape index (κ1) is 31.9. The van der Waals surface area contributed by atoms with Crippen molar-refractivity contribution in [1.82, 2.24) is 25.2 Å². The maximum atomic E-state index is 13.9. The highest BCUT2D eigenvalue weighted by Gasteiger charge is 2.35. The van der Waals surface area contributed by atoms with Crippen LogP contribution in [0.2, 0.25) is 5.02 Å². The molecule has 0 radical (unpaired) electrons. The first-order valence-corrected chi connectivity index (χ1v) is 17.8. The van der Waals surface area contributed by atoms with Crippen LogP contribution < -0.4 is 15.4 Å². The van der Waals surface area contributed by atoms with E-state index in [0.717, 1.165) is 30.5 Å². The standard InChI is InChI=1S/C32H44ClN5O4S/c1-43(41,42)35-22-30(24-7-3-2-4-8-24)37-15-17-38(18-16-37)32(40)29(19-23-11-13-26(33)14-12-23)36-31(39)20-28-27-10-6-5-9-25(27)21-34-28/h5-6,9-14,24,28-30,34-35H,2-4,7-8,15-22H2,1H3,(H,36,39)/t28?,29-,30?/m1/s1. The molecule has 5 rings (SSSR count). The van der Waals surface area contributed by atoms with Crippen molar-refractivity contribution in [2.45, 2.75) is 69.6 Å². The summed E-state index contributed by atoms with van der Waals surface area (Å²) in [4.78, 5) is 31.5.